The molecule has 0 amide bonds. The van der Waals surface area contributed by atoms with E-state index in [1.165, 1.54) is 55.7 Å². The van der Waals surface area contributed by atoms with Gasteiger partial charge in [-0.1, -0.05) is 94.0 Å². The van der Waals surface area contributed by atoms with Gasteiger partial charge in [-0.25, -0.2) is 24.3 Å². The average Bonchev–Trinajstić information content (AvgIpc) is 3.85. The Balaban J connectivity index is 0.000000328. The van der Waals surface area contributed by atoms with E-state index in [0.29, 0.717) is 11.1 Å². The topological polar surface area (TPSA) is 0 Å². The van der Waals surface area contributed by atoms with E-state index in [2.05, 4.69) is 124 Å². The number of fused-ring (bicyclic) bond motifs is 2. The minimum absolute atomic E-state index is 0. The summed E-state index contributed by atoms with van der Waals surface area (Å²) in [5.41, 5.74) is 15.5. The summed E-state index contributed by atoms with van der Waals surface area (Å²) in [4.78, 5) is 0. The van der Waals surface area contributed by atoms with Gasteiger partial charge in [0.15, 0.2) is 0 Å². The fourth-order valence-corrected chi connectivity index (χ4v) is 12.5. The minimum Gasteiger partial charge on any atom is -0.214 e. The van der Waals surface area contributed by atoms with Gasteiger partial charge < -0.3 is 0 Å². The monoisotopic (exact) mass is 684 g/mol. The Kier molecular flexibility index (Phi) is 11.7. The van der Waals surface area contributed by atoms with Crippen molar-refractivity contribution in [2.75, 3.05) is 0 Å². The Morgan fingerprint density at radius 1 is 0.511 bits per heavy atom. The Morgan fingerprint density at radius 3 is 1.18 bits per heavy atom. The quantitative estimate of drug-likeness (QED) is 0.128. The van der Waals surface area contributed by atoms with Crippen LogP contribution in [0.3, 0.4) is 0 Å². The number of hydrogen-bond acceptors (Lipinski definition) is 0. The van der Waals surface area contributed by atoms with E-state index >= 15 is 0 Å². The van der Waals surface area contributed by atoms with Crippen LogP contribution >= 0.6 is 0 Å². The molecule has 0 saturated heterocycles. The van der Waals surface area contributed by atoms with E-state index in [1.807, 2.05) is 60.7 Å². The largest absolute Gasteiger partial charge is 2.00 e. The van der Waals surface area contributed by atoms with Gasteiger partial charge in [0.1, 0.15) is 0 Å². The maximum absolute atomic E-state index is 2.62. The second kappa shape index (κ2) is 15.2. The molecule has 2 aliphatic carbocycles. The first-order valence-electron chi connectivity index (χ1n) is 15.4. The van der Waals surface area contributed by atoms with Gasteiger partial charge in [0.2, 0.25) is 0 Å². The number of benzene rings is 2. The van der Waals surface area contributed by atoms with E-state index in [9.17, 15) is 0 Å². The molecule has 0 aromatic heterocycles. The zero-order chi connectivity index (χ0) is 29.8. The molecule has 0 aliphatic heterocycles. The van der Waals surface area contributed by atoms with Gasteiger partial charge in [-0.3, -0.25) is 0 Å². The summed E-state index contributed by atoms with van der Waals surface area (Å²) >= 11 is 0. The first kappa shape index (κ1) is 34.4. The molecule has 0 spiro atoms. The zero-order valence-electron chi connectivity index (χ0n) is 26.4. The minimum atomic E-state index is -1.82. The SMILES string of the molecule is CC1=Cc2c(-[c-]3cccc3)cccc2C1[Si](C)(C)C1C(C)=Cc2c(-[c-]3cccc3)cccc21.[Fe+2].[Fe+2].c1cc[cH-]c1.c1cc[cH-]c1. The number of rotatable bonds is 4. The van der Waals surface area contributed by atoms with Crippen LogP contribution in [-0.2, 0) is 34.1 Å². The molecule has 3 heteroatoms. The van der Waals surface area contributed by atoms with Crippen LogP contribution in [0.5, 0.6) is 0 Å². The van der Waals surface area contributed by atoms with Gasteiger partial charge in [-0.15, -0.1) is 47.5 Å². The standard InChI is InChI=1S/C32H30Si.2C5H5.2Fe/c1-21-19-29-25(23-11-5-6-12-23)15-9-17-27(29)31(21)33(3,4)32-22(2)20-30-26(16-10-18-28(30)32)24-13-7-8-14-24;2*1-2-4-5-3-1;;/h5-20,31-32H,1-4H3;2*1-5H;;/q-2;2*-1;2*+2. The van der Waals surface area contributed by atoms with Gasteiger partial charge in [0, 0.05) is 0 Å². The number of hydrogen-bond donors (Lipinski definition) is 0. The molecule has 2 aliphatic rings. The molecule has 0 bridgehead atoms. The van der Waals surface area contributed by atoms with Crippen LogP contribution in [-0.4, -0.2) is 8.07 Å². The van der Waals surface area contributed by atoms with Crippen LogP contribution < -0.4 is 0 Å². The normalized spacial score (nSPS) is 15.9. The van der Waals surface area contributed by atoms with Crippen molar-refractivity contribution in [1.82, 2.24) is 0 Å². The second-order valence-electron chi connectivity index (χ2n) is 12.4. The van der Waals surface area contributed by atoms with E-state index < -0.39 is 8.07 Å². The van der Waals surface area contributed by atoms with Crippen molar-refractivity contribution >= 4 is 20.2 Å². The summed E-state index contributed by atoms with van der Waals surface area (Å²) < 4.78 is 0. The third-order valence-electron chi connectivity index (χ3n) is 9.10. The summed E-state index contributed by atoms with van der Waals surface area (Å²) in [7, 11) is -1.82. The second-order valence-corrected chi connectivity index (χ2v) is 17.2. The van der Waals surface area contributed by atoms with Crippen molar-refractivity contribution in [2.24, 2.45) is 0 Å². The summed E-state index contributed by atoms with van der Waals surface area (Å²) in [6.07, 6.45) is 4.96. The van der Waals surface area contributed by atoms with Crippen LogP contribution in [0.25, 0.3) is 34.4 Å². The molecule has 0 saturated carbocycles. The first-order chi connectivity index (χ1) is 21.0. The molecule has 0 N–H and O–H groups in total. The van der Waals surface area contributed by atoms with Crippen LogP contribution in [0, 0.1) is 0 Å². The van der Waals surface area contributed by atoms with Gasteiger partial charge in [0.05, 0.1) is 8.07 Å². The molecule has 0 fully saturated rings. The van der Waals surface area contributed by atoms with E-state index in [4.69, 9.17) is 0 Å². The first-order valence-corrected chi connectivity index (χ1v) is 18.5. The molecule has 0 nitrogen and oxygen atoms in total. The summed E-state index contributed by atoms with van der Waals surface area (Å²) in [5.74, 6) is 0. The maximum atomic E-state index is 2.62. The third kappa shape index (κ3) is 7.05. The molecule has 45 heavy (non-hydrogen) atoms. The van der Waals surface area contributed by atoms with Crippen molar-refractivity contribution in [2.45, 2.75) is 38.0 Å². The van der Waals surface area contributed by atoms with Gasteiger partial charge in [-0.05, 0) is 24.9 Å². The molecule has 6 aromatic rings. The Morgan fingerprint density at radius 2 is 0.867 bits per heavy atom. The summed E-state index contributed by atoms with van der Waals surface area (Å²) in [6, 6.07) is 51.4. The predicted octanol–water partition coefficient (Wildman–Crippen LogP) is 11.8. The van der Waals surface area contributed by atoms with Crippen molar-refractivity contribution in [3.05, 3.63) is 179 Å². The van der Waals surface area contributed by atoms with Crippen molar-refractivity contribution < 1.29 is 34.1 Å². The molecule has 2 unspecified atom stereocenters. The Bertz CT molecular complexity index is 1630. The fraction of sp³-hybridized carbons (Fsp3) is 0.143. The van der Waals surface area contributed by atoms with Crippen molar-refractivity contribution in [1.29, 1.82) is 0 Å². The van der Waals surface area contributed by atoms with E-state index in [0.717, 1.165) is 0 Å². The predicted molar refractivity (Wildman–Crippen MR) is 189 cm³/mol. The van der Waals surface area contributed by atoms with Crippen LogP contribution in [0.2, 0.25) is 13.1 Å². The van der Waals surface area contributed by atoms with E-state index in [-0.39, 0.29) is 34.1 Å². The Labute approximate surface area is 292 Å². The molecule has 0 radical (unpaired) electrons. The van der Waals surface area contributed by atoms with Crippen LogP contribution in [0.15, 0.2) is 157 Å². The fourth-order valence-electron chi connectivity index (χ4n) is 7.50. The van der Waals surface area contributed by atoms with Gasteiger partial charge in [0.25, 0.3) is 0 Å². The smallest absolute Gasteiger partial charge is 0.214 e. The van der Waals surface area contributed by atoms with Gasteiger partial charge >= 0.3 is 34.1 Å². The third-order valence-corrected chi connectivity index (χ3v) is 13.6. The molecular formula is C42H40Fe2Si. The van der Waals surface area contributed by atoms with Crippen molar-refractivity contribution in [3.63, 3.8) is 0 Å². The molecule has 2 atom stereocenters. The molecule has 0 heterocycles. The average molecular weight is 685 g/mol. The molecule has 228 valence electrons. The number of allylic oxidation sites excluding steroid dienone is 2. The van der Waals surface area contributed by atoms with Crippen molar-refractivity contribution in [3.8, 4) is 22.3 Å². The molecule has 8 rings (SSSR count). The Hall–Kier alpha value is -3.42. The zero-order valence-corrected chi connectivity index (χ0v) is 29.6. The summed E-state index contributed by atoms with van der Waals surface area (Å²) in [5, 5.41) is 0. The molecular weight excluding hydrogens is 644 g/mol. The summed E-state index contributed by atoms with van der Waals surface area (Å²) in [6.45, 7) is 9.96. The van der Waals surface area contributed by atoms with E-state index in [1.54, 1.807) is 0 Å². The molecule has 6 aromatic carbocycles. The van der Waals surface area contributed by atoms with Crippen LogP contribution in [0.4, 0.5) is 0 Å². The van der Waals surface area contributed by atoms with Gasteiger partial charge in [-0.2, -0.15) is 60.7 Å². The maximum Gasteiger partial charge on any atom is 2.00 e. The van der Waals surface area contributed by atoms with Crippen LogP contribution in [0.1, 0.15) is 47.2 Å².